The monoisotopic (exact) mass is 337 g/mol. The largest absolute Gasteiger partial charge is 0.277 e. The molecule has 0 fully saturated rings. The van der Waals surface area contributed by atoms with Gasteiger partial charge in [0, 0.05) is 6.07 Å². The minimum absolute atomic E-state index is 0.134. The number of sulfonamides is 1. The molecule has 5 nitrogen and oxygen atoms in total. The van der Waals surface area contributed by atoms with Gasteiger partial charge in [0.25, 0.3) is 10.0 Å². The molecule has 1 heterocycles. The van der Waals surface area contributed by atoms with Crippen molar-refractivity contribution < 1.29 is 17.2 Å². The van der Waals surface area contributed by atoms with Gasteiger partial charge < -0.3 is 0 Å². The lowest BCUT2D eigenvalue weighted by Gasteiger charge is -2.12. The molecule has 1 N–H and O–H groups in total. The number of benzene rings is 2. The number of hydrogen-bond donors (Lipinski definition) is 1. The van der Waals surface area contributed by atoms with Gasteiger partial charge >= 0.3 is 0 Å². The van der Waals surface area contributed by atoms with Crippen molar-refractivity contribution in [3.63, 3.8) is 0 Å². The van der Waals surface area contributed by atoms with Gasteiger partial charge in [0.2, 0.25) is 0 Å². The first-order valence-corrected chi connectivity index (χ1v) is 8.08. The van der Waals surface area contributed by atoms with E-state index in [2.05, 4.69) is 13.5 Å². The van der Waals surface area contributed by atoms with Crippen LogP contribution in [0.3, 0.4) is 0 Å². The quantitative estimate of drug-likeness (QED) is 0.737. The predicted octanol–water partition coefficient (Wildman–Crippen LogP) is 1.56. The molecule has 3 rings (SSSR count). The summed E-state index contributed by atoms with van der Waals surface area (Å²) in [6.07, 6.45) is 0. The van der Waals surface area contributed by atoms with Gasteiger partial charge in [-0.3, -0.25) is 4.72 Å². The Labute approximate surface area is 129 Å². The van der Waals surface area contributed by atoms with E-state index in [1.165, 1.54) is 6.07 Å². The van der Waals surface area contributed by atoms with Crippen LogP contribution in [0.2, 0.25) is 0 Å². The molecule has 2 radical (unpaired) electrons. The van der Waals surface area contributed by atoms with E-state index in [1.807, 2.05) is 0 Å². The fourth-order valence-corrected chi connectivity index (χ4v) is 3.74. The molecule has 0 aliphatic rings. The van der Waals surface area contributed by atoms with Crippen molar-refractivity contribution in [2.45, 2.75) is 4.90 Å². The first-order chi connectivity index (χ1) is 10.4. The normalized spacial score (nSPS) is 11.7. The Bertz CT molecular complexity index is 952. The highest BCUT2D eigenvalue weighted by Gasteiger charge is 2.23. The summed E-state index contributed by atoms with van der Waals surface area (Å²) in [7, 11) is 1.09. The van der Waals surface area contributed by atoms with E-state index in [9.17, 15) is 17.2 Å². The number of fused-ring (bicyclic) bond motifs is 1. The Morgan fingerprint density at radius 2 is 1.95 bits per heavy atom. The highest BCUT2D eigenvalue weighted by atomic mass is 32.2. The average molecular weight is 337 g/mol. The Hall–Kier alpha value is -2.07. The molecule has 110 valence electrons. The van der Waals surface area contributed by atoms with E-state index in [0.717, 1.165) is 17.8 Å². The number of nitrogens with one attached hydrogen (secondary N) is 1. The number of anilines is 1. The van der Waals surface area contributed by atoms with Gasteiger partial charge in [-0.1, -0.05) is 11.5 Å². The maximum absolute atomic E-state index is 13.8. The van der Waals surface area contributed by atoms with Gasteiger partial charge in [-0.15, -0.1) is 0 Å². The highest BCUT2D eigenvalue weighted by molar-refractivity contribution is 7.93. The van der Waals surface area contributed by atoms with E-state index in [0.29, 0.717) is 17.1 Å². The molecule has 10 heteroatoms. The summed E-state index contributed by atoms with van der Waals surface area (Å²) < 4.78 is 61.6. The second-order valence-electron chi connectivity index (χ2n) is 4.35. The highest BCUT2D eigenvalue weighted by Crippen LogP contribution is 2.24. The van der Waals surface area contributed by atoms with Crippen molar-refractivity contribution in [3.8, 4) is 0 Å². The van der Waals surface area contributed by atoms with Crippen molar-refractivity contribution in [2.75, 3.05) is 4.72 Å². The molecule has 0 aliphatic carbocycles. The first kappa shape index (κ1) is 14.9. The van der Waals surface area contributed by atoms with Gasteiger partial charge in [0.15, 0.2) is 0 Å². The Kier molecular flexibility index (Phi) is 3.57. The molecule has 0 saturated carbocycles. The zero-order valence-electron chi connectivity index (χ0n) is 10.7. The lowest BCUT2D eigenvalue weighted by molar-refractivity contribution is 0.554. The maximum Gasteiger partial charge on any atom is 0.264 e. The standard InChI is InChI=1S/C12H6BF2N3O2S2/c13-7-4-6(14)5-8(15)12(7)22(19,20)18-10-3-1-2-9-11(10)17-21-16-9/h1-5,18H. The summed E-state index contributed by atoms with van der Waals surface area (Å²) in [5, 5.41) is 0. The maximum atomic E-state index is 13.8. The fourth-order valence-electron chi connectivity index (χ4n) is 1.95. The minimum atomic E-state index is -4.34. The third kappa shape index (κ3) is 2.55. The van der Waals surface area contributed by atoms with E-state index in [1.54, 1.807) is 12.1 Å². The minimum Gasteiger partial charge on any atom is -0.277 e. The summed E-state index contributed by atoms with van der Waals surface area (Å²) >= 11 is 0.914. The first-order valence-electron chi connectivity index (χ1n) is 5.87. The van der Waals surface area contributed by atoms with Gasteiger partial charge in [0.05, 0.1) is 17.4 Å². The Morgan fingerprint density at radius 1 is 1.18 bits per heavy atom. The van der Waals surface area contributed by atoms with E-state index in [4.69, 9.17) is 7.85 Å². The van der Waals surface area contributed by atoms with Crippen LogP contribution in [0.4, 0.5) is 14.5 Å². The molecule has 0 aliphatic heterocycles. The van der Waals surface area contributed by atoms with Crippen molar-refractivity contribution in [2.24, 2.45) is 0 Å². The molecule has 0 bridgehead atoms. The zero-order valence-corrected chi connectivity index (χ0v) is 12.4. The van der Waals surface area contributed by atoms with Crippen molar-refractivity contribution in [1.82, 2.24) is 8.75 Å². The smallest absolute Gasteiger partial charge is 0.264 e. The van der Waals surface area contributed by atoms with Crippen molar-refractivity contribution >= 4 is 51.8 Å². The third-order valence-electron chi connectivity index (χ3n) is 2.84. The second-order valence-corrected chi connectivity index (χ2v) is 6.50. The van der Waals surface area contributed by atoms with Crippen LogP contribution in [-0.2, 0) is 10.0 Å². The SMILES string of the molecule is [B]c1cc(F)cc(F)c1S(=O)(=O)Nc1cccc2nsnc12. The molecule has 0 saturated heterocycles. The van der Waals surface area contributed by atoms with Crippen LogP contribution in [0, 0.1) is 11.6 Å². The van der Waals surface area contributed by atoms with Gasteiger partial charge in [-0.2, -0.15) is 8.75 Å². The van der Waals surface area contributed by atoms with Crippen LogP contribution < -0.4 is 10.2 Å². The molecule has 22 heavy (non-hydrogen) atoms. The lowest BCUT2D eigenvalue weighted by atomic mass is 9.96. The summed E-state index contributed by atoms with van der Waals surface area (Å²) in [6, 6.07) is 5.88. The number of aromatic nitrogens is 2. The van der Waals surface area contributed by atoms with Crippen molar-refractivity contribution in [1.29, 1.82) is 0 Å². The van der Waals surface area contributed by atoms with Crippen LogP contribution in [0.25, 0.3) is 11.0 Å². The molecule has 3 aromatic rings. The second kappa shape index (κ2) is 5.29. The molecular weight excluding hydrogens is 331 g/mol. The molecule has 0 spiro atoms. The van der Waals surface area contributed by atoms with Crippen LogP contribution in [0.5, 0.6) is 0 Å². The van der Waals surface area contributed by atoms with Gasteiger partial charge in [0.1, 0.15) is 35.4 Å². The number of hydrogen-bond acceptors (Lipinski definition) is 5. The van der Waals surface area contributed by atoms with Crippen molar-refractivity contribution in [3.05, 3.63) is 42.0 Å². The lowest BCUT2D eigenvalue weighted by Crippen LogP contribution is -2.24. The van der Waals surface area contributed by atoms with Gasteiger partial charge in [-0.25, -0.2) is 17.2 Å². The number of halogens is 2. The van der Waals surface area contributed by atoms with E-state index < -0.39 is 32.0 Å². The third-order valence-corrected chi connectivity index (χ3v) is 4.84. The Balaban J connectivity index is 2.10. The topological polar surface area (TPSA) is 72.0 Å². The average Bonchev–Trinajstić information content (AvgIpc) is 2.85. The predicted molar refractivity (Wildman–Crippen MR) is 80.0 cm³/mol. The number of nitrogens with zero attached hydrogens (tertiary/aromatic N) is 2. The molecule has 2 aromatic carbocycles. The van der Waals surface area contributed by atoms with Crippen LogP contribution in [-0.4, -0.2) is 25.0 Å². The van der Waals surface area contributed by atoms with E-state index in [-0.39, 0.29) is 5.69 Å². The van der Waals surface area contributed by atoms with E-state index >= 15 is 0 Å². The summed E-state index contributed by atoms with van der Waals surface area (Å²) in [5.41, 5.74) is 0.442. The summed E-state index contributed by atoms with van der Waals surface area (Å²) in [6.45, 7) is 0. The molecular formula is C12H6BF2N3O2S2. The number of rotatable bonds is 3. The van der Waals surface area contributed by atoms with Crippen LogP contribution in [0.1, 0.15) is 0 Å². The Morgan fingerprint density at radius 3 is 2.68 bits per heavy atom. The van der Waals surface area contributed by atoms with Crippen LogP contribution >= 0.6 is 11.7 Å². The fraction of sp³-hybridized carbons (Fsp3) is 0. The van der Waals surface area contributed by atoms with Crippen LogP contribution in [0.15, 0.2) is 35.2 Å². The molecule has 0 atom stereocenters. The molecule has 0 unspecified atom stereocenters. The summed E-state index contributed by atoms with van der Waals surface area (Å²) in [4.78, 5) is -0.811. The molecule has 0 amide bonds. The van der Waals surface area contributed by atoms with Gasteiger partial charge in [-0.05, 0) is 18.2 Å². The molecule has 1 aromatic heterocycles. The zero-order chi connectivity index (χ0) is 15.9. The summed E-state index contributed by atoms with van der Waals surface area (Å²) in [5.74, 6) is -2.23.